The number of hydrogen-bond donors (Lipinski definition) is 2. The maximum Gasteiger partial charge on any atom is 0.407 e. The molecule has 0 bridgehead atoms. The summed E-state index contributed by atoms with van der Waals surface area (Å²) in [6.45, 7) is 0. The van der Waals surface area contributed by atoms with Gasteiger partial charge in [-0.25, -0.2) is 8.42 Å². The number of hydrogen-bond acceptors (Lipinski definition) is 3. The van der Waals surface area contributed by atoms with E-state index in [0.717, 1.165) is 0 Å². The number of alkyl halides is 3. The topological polar surface area (TPSA) is 72.2 Å². The van der Waals surface area contributed by atoms with Crippen LogP contribution < -0.4 is 10.5 Å². The minimum atomic E-state index is -4.59. The van der Waals surface area contributed by atoms with Gasteiger partial charge < -0.3 is 5.73 Å². The van der Waals surface area contributed by atoms with Crippen LogP contribution in [0.4, 0.5) is 13.2 Å². The van der Waals surface area contributed by atoms with Crippen LogP contribution in [0, 0.1) is 0 Å². The SMILES string of the molecule is NC(=S)c1ccccc1CS(=O)(=O)NC1(C(F)(F)F)CC1. The Bertz CT molecular complexity index is 667. The fourth-order valence-corrected chi connectivity index (χ4v) is 3.84. The Morgan fingerprint density at radius 3 is 2.38 bits per heavy atom. The van der Waals surface area contributed by atoms with E-state index in [-0.39, 0.29) is 23.4 Å². The number of sulfonamides is 1. The second-order valence-electron chi connectivity index (χ2n) is 4.96. The second-order valence-corrected chi connectivity index (χ2v) is 7.12. The second kappa shape index (κ2) is 5.22. The van der Waals surface area contributed by atoms with Crippen molar-refractivity contribution >= 4 is 27.2 Å². The standard InChI is InChI=1S/C12H13F3N2O2S2/c13-12(14,15)11(5-6-11)17-21(18,19)7-8-3-1-2-4-9(8)10(16)20/h1-4,17H,5-7H2,(H2,16,20). The lowest BCUT2D eigenvalue weighted by atomic mass is 10.1. The molecular weight excluding hydrogens is 325 g/mol. The van der Waals surface area contributed by atoms with Crippen molar-refractivity contribution in [2.45, 2.75) is 30.3 Å². The van der Waals surface area contributed by atoms with Crippen molar-refractivity contribution in [2.24, 2.45) is 5.73 Å². The Kier molecular flexibility index (Phi) is 4.02. The number of benzene rings is 1. The summed E-state index contributed by atoms with van der Waals surface area (Å²) < 4.78 is 64.1. The third kappa shape index (κ3) is 3.53. The number of thiocarbonyl (C=S) groups is 1. The van der Waals surface area contributed by atoms with Gasteiger partial charge in [0.1, 0.15) is 10.5 Å². The van der Waals surface area contributed by atoms with Gasteiger partial charge in [0.25, 0.3) is 0 Å². The Balaban J connectivity index is 2.22. The van der Waals surface area contributed by atoms with E-state index in [2.05, 4.69) is 0 Å². The summed E-state index contributed by atoms with van der Waals surface area (Å²) >= 11 is 4.80. The Hall–Kier alpha value is -1.19. The molecule has 0 saturated heterocycles. The predicted octanol–water partition coefficient (Wildman–Crippen LogP) is 1.84. The molecule has 116 valence electrons. The molecule has 1 aliphatic rings. The molecule has 4 nitrogen and oxygen atoms in total. The maximum atomic E-state index is 12.8. The van der Waals surface area contributed by atoms with Gasteiger partial charge in [0.15, 0.2) is 0 Å². The molecule has 0 aliphatic heterocycles. The van der Waals surface area contributed by atoms with Crippen molar-refractivity contribution in [3.8, 4) is 0 Å². The number of halogens is 3. The fraction of sp³-hybridized carbons (Fsp3) is 0.417. The van der Waals surface area contributed by atoms with Gasteiger partial charge in [-0.3, -0.25) is 0 Å². The molecule has 1 aliphatic carbocycles. The van der Waals surface area contributed by atoms with Gasteiger partial charge >= 0.3 is 6.18 Å². The normalized spacial score (nSPS) is 17.5. The minimum Gasteiger partial charge on any atom is -0.389 e. The zero-order chi connectivity index (χ0) is 15.9. The van der Waals surface area contributed by atoms with Crippen molar-refractivity contribution in [2.75, 3.05) is 0 Å². The van der Waals surface area contributed by atoms with E-state index in [4.69, 9.17) is 18.0 Å². The zero-order valence-corrected chi connectivity index (χ0v) is 12.4. The summed E-state index contributed by atoms with van der Waals surface area (Å²) in [4.78, 5) is -0.00208. The third-order valence-electron chi connectivity index (χ3n) is 3.27. The lowest BCUT2D eigenvalue weighted by Gasteiger charge is -2.21. The van der Waals surface area contributed by atoms with Gasteiger partial charge in [-0.15, -0.1) is 0 Å². The van der Waals surface area contributed by atoms with Crippen molar-refractivity contribution in [1.82, 2.24) is 4.72 Å². The average molecular weight is 338 g/mol. The van der Waals surface area contributed by atoms with Gasteiger partial charge in [-0.1, -0.05) is 36.5 Å². The Labute approximate surface area is 125 Å². The van der Waals surface area contributed by atoms with E-state index >= 15 is 0 Å². The minimum absolute atomic E-state index is 0.00208. The van der Waals surface area contributed by atoms with E-state index in [1.165, 1.54) is 12.1 Å². The molecule has 0 amide bonds. The summed E-state index contributed by atoms with van der Waals surface area (Å²) in [6, 6.07) is 6.20. The van der Waals surface area contributed by atoms with Gasteiger partial charge in [-0.2, -0.15) is 17.9 Å². The highest BCUT2D eigenvalue weighted by Crippen LogP contribution is 2.49. The van der Waals surface area contributed by atoms with E-state index in [1.54, 1.807) is 16.9 Å². The monoisotopic (exact) mass is 338 g/mol. The van der Waals surface area contributed by atoms with Crippen LogP contribution in [0.15, 0.2) is 24.3 Å². The van der Waals surface area contributed by atoms with Crippen molar-refractivity contribution in [1.29, 1.82) is 0 Å². The van der Waals surface area contributed by atoms with E-state index in [1.807, 2.05) is 0 Å². The summed E-state index contributed by atoms with van der Waals surface area (Å²) in [6.07, 6.45) is -5.08. The molecule has 2 rings (SSSR count). The Morgan fingerprint density at radius 2 is 1.90 bits per heavy atom. The van der Waals surface area contributed by atoms with Crippen molar-refractivity contribution < 1.29 is 21.6 Å². The van der Waals surface area contributed by atoms with Crippen LogP contribution >= 0.6 is 12.2 Å². The van der Waals surface area contributed by atoms with E-state index in [9.17, 15) is 21.6 Å². The molecule has 1 saturated carbocycles. The molecule has 0 radical (unpaired) electrons. The Morgan fingerprint density at radius 1 is 1.33 bits per heavy atom. The van der Waals surface area contributed by atoms with Crippen LogP contribution in [0.25, 0.3) is 0 Å². The van der Waals surface area contributed by atoms with Crippen molar-refractivity contribution in [3.63, 3.8) is 0 Å². The molecule has 9 heteroatoms. The highest BCUT2D eigenvalue weighted by molar-refractivity contribution is 7.88. The molecule has 0 unspecified atom stereocenters. The average Bonchev–Trinajstić information content (AvgIpc) is 3.08. The summed E-state index contributed by atoms with van der Waals surface area (Å²) in [7, 11) is -4.15. The molecule has 0 heterocycles. The van der Waals surface area contributed by atoms with E-state index < -0.39 is 27.5 Å². The molecular formula is C12H13F3N2O2S2. The largest absolute Gasteiger partial charge is 0.407 e. The molecule has 0 aromatic heterocycles. The molecule has 3 N–H and O–H groups in total. The van der Waals surface area contributed by atoms with Crippen LogP contribution in [-0.2, 0) is 15.8 Å². The predicted molar refractivity (Wildman–Crippen MR) is 76.1 cm³/mol. The van der Waals surface area contributed by atoms with Gasteiger partial charge in [-0.05, 0) is 18.4 Å². The van der Waals surface area contributed by atoms with Crippen LogP contribution in [0.3, 0.4) is 0 Å². The van der Waals surface area contributed by atoms with Crippen LogP contribution in [0.1, 0.15) is 24.0 Å². The quantitative estimate of drug-likeness (QED) is 0.804. The zero-order valence-electron chi connectivity index (χ0n) is 10.8. The molecule has 0 atom stereocenters. The maximum absolute atomic E-state index is 12.8. The lowest BCUT2D eigenvalue weighted by Crippen LogP contribution is -2.48. The highest BCUT2D eigenvalue weighted by atomic mass is 32.2. The summed E-state index contributed by atoms with van der Waals surface area (Å²) in [5, 5.41) is 0. The van der Waals surface area contributed by atoms with Crippen LogP contribution in [0.5, 0.6) is 0 Å². The molecule has 1 aromatic carbocycles. The first-order chi connectivity index (χ1) is 9.56. The van der Waals surface area contributed by atoms with Gasteiger partial charge in [0.2, 0.25) is 10.0 Å². The van der Waals surface area contributed by atoms with Crippen LogP contribution in [-0.4, -0.2) is 25.1 Å². The molecule has 1 aromatic rings. The first-order valence-electron chi connectivity index (χ1n) is 6.02. The molecule has 21 heavy (non-hydrogen) atoms. The van der Waals surface area contributed by atoms with Gasteiger partial charge in [0.05, 0.1) is 5.75 Å². The first-order valence-corrected chi connectivity index (χ1v) is 8.08. The fourth-order valence-electron chi connectivity index (χ4n) is 1.99. The summed E-state index contributed by atoms with van der Waals surface area (Å²) in [5.41, 5.74) is 3.78. The van der Waals surface area contributed by atoms with E-state index in [0.29, 0.717) is 5.56 Å². The number of rotatable bonds is 5. The smallest absolute Gasteiger partial charge is 0.389 e. The van der Waals surface area contributed by atoms with Gasteiger partial charge in [0, 0.05) is 5.56 Å². The van der Waals surface area contributed by atoms with Crippen LogP contribution in [0.2, 0.25) is 0 Å². The number of nitrogens with one attached hydrogen (secondary N) is 1. The highest BCUT2D eigenvalue weighted by Gasteiger charge is 2.65. The molecule has 0 spiro atoms. The lowest BCUT2D eigenvalue weighted by molar-refractivity contribution is -0.160. The first kappa shape index (κ1) is 16.2. The summed E-state index contributed by atoms with van der Waals surface area (Å²) in [5.74, 6) is -0.599. The number of nitrogens with two attached hydrogens (primary N) is 1. The molecule has 1 fully saturated rings. The third-order valence-corrected chi connectivity index (χ3v) is 4.88. The van der Waals surface area contributed by atoms with Crippen molar-refractivity contribution in [3.05, 3.63) is 35.4 Å².